The number of rotatable bonds is 14. The standard InChI is InChI=1S/C30H38N6O4S2/c1-5-25-23-9-7-21(41-3)13-27(23)35(33-25)17-19(15-31)39-29(37)11-12-30(38)40-20(16-32)18-36-28-14-22(42-4)8-10-24(28)26(6-2)34-36/h7-14,19-20H,5-6,15-18,31-32H2,1-4H3/b12-11+. The predicted molar refractivity (Wildman–Crippen MR) is 169 cm³/mol. The van der Waals surface area contributed by atoms with Gasteiger partial charge in [-0.1, -0.05) is 13.8 Å². The second-order valence-corrected chi connectivity index (χ2v) is 11.4. The second-order valence-electron chi connectivity index (χ2n) is 9.65. The third kappa shape index (κ3) is 7.35. The van der Waals surface area contributed by atoms with Crippen LogP contribution in [0.25, 0.3) is 21.8 Å². The summed E-state index contributed by atoms with van der Waals surface area (Å²) in [6.45, 7) is 4.88. The minimum absolute atomic E-state index is 0.0974. The van der Waals surface area contributed by atoms with E-state index in [9.17, 15) is 9.59 Å². The lowest BCUT2D eigenvalue weighted by molar-refractivity contribution is -0.146. The minimum atomic E-state index is -0.695. The van der Waals surface area contributed by atoms with Crippen LogP contribution in [-0.2, 0) is 45.0 Å². The van der Waals surface area contributed by atoms with E-state index >= 15 is 0 Å². The summed E-state index contributed by atoms with van der Waals surface area (Å²) in [6.07, 6.45) is 6.42. The highest BCUT2D eigenvalue weighted by atomic mass is 32.2. The number of esters is 2. The van der Waals surface area contributed by atoms with Crippen molar-refractivity contribution in [2.45, 2.75) is 61.8 Å². The van der Waals surface area contributed by atoms with Crippen molar-refractivity contribution >= 4 is 57.3 Å². The van der Waals surface area contributed by atoms with Crippen LogP contribution in [-0.4, -0.2) is 69.3 Å². The Hall–Kier alpha value is -3.32. The van der Waals surface area contributed by atoms with E-state index in [1.165, 1.54) is 0 Å². The highest BCUT2D eigenvalue weighted by Gasteiger charge is 2.19. The van der Waals surface area contributed by atoms with Crippen LogP contribution in [0.2, 0.25) is 0 Å². The van der Waals surface area contributed by atoms with Crippen LogP contribution in [0.15, 0.2) is 58.3 Å². The lowest BCUT2D eigenvalue weighted by Crippen LogP contribution is -2.32. The Labute approximate surface area is 254 Å². The number of thioether (sulfide) groups is 2. The molecule has 2 heterocycles. The molecule has 4 N–H and O–H groups in total. The van der Waals surface area contributed by atoms with E-state index in [1.54, 1.807) is 23.5 Å². The molecule has 224 valence electrons. The van der Waals surface area contributed by atoms with Crippen LogP contribution in [0.3, 0.4) is 0 Å². The monoisotopic (exact) mass is 610 g/mol. The Balaban J connectivity index is 1.38. The molecule has 42 heavy (non-hydrogen) atoms. The molecule has 0 saturated carbocycles. The second kappa shape index (κ2) is 14.7. The molecule has 0 bridgehead atoms. The van der Waals surface area contributed by atoms with E-state index in [2.05, 4.69) is 50.2 Å². The summed E-state index contributed by atoms with van der Waals surface area (Å²) in [4.78, 5) is 27.4. The first-order chi connectivity index (χ1) is 20.3. The quantitative estimate of drug-likeness (QED) is 0.123. The maximum absolute atomic E-state index is 12.6. The zero-order valence-corrected chi connectivity index (χ0v) is 26.0. The van der Waals surface area contributed by atoms with Gasteiger partial charge in [-0.2, -0.15) is 10.2 Å². The summed E-state index contributed by atoms with van der Waals surface area (Å²) in [6, 6.07) is 12.4. The number of nitrogens with two attached hydrogens (primary N) is 2. The van der Waals surface area contributed by atoms with Gasteiger partial charge in [0.15, 0.2) is 0 Å². The van der Waals surface area contributed by atoms with Crippen molar-refractivity contribution in [3.63, 3.8) is 0 Å². The zero-order valence-electron chi connectivity index (χ0n) is 24.4. The molecule has 2 unspecified atom stereocenters. The number of aryl methyl sites for hydroxylation is 2. The summed E-state index contributed by atoms with van der Waals surface area (Å²) in [5.74, 6) is -1.39. The topological polar surface area (TPSA) is 140 Å². The van der Waals surface area contributed by atoms with Gasteiger partial charge in [0.1, 0.15) is 12.2 Å². The third-order valence-corrected chi connectivity index (χ3v) is 8.39. The van der Waals surface area contributed by atoms with E-state index in [-0.39, 0.29) is 13.1 Å². The lowest BCUT2D eigenvalue weighted by Gasteiger charge is -2.16. The summed E-state index contributed by atoms with van der Waals surface area (Å²) < 4.78 is 14.8. The van der Waals surface area contributed by atoms with Crippen LogP contribution in [0.5, 0.6) is 0 Å². The van der Waals surface area contributed by atoms with Gasteiger partial charge in [0.2, 0.25) is 0 Å². The number of fused-ring (bicyclic) bond motifs is 2. The van der Waals surface area contributed by atoms with E-state index < -0.39 is 24.1 Å². The molecule has 0 aliphatic carbocycles. The maximum Gasteiger partial charge on any atom is 0.331 e. The van der Waals surface area contributed by atoms with E-state index in [4.69, 9.17) is 31.1 Å². The maximum atomic E-state index is 12.6. The molecule has 4 rings (SSSR count). The molecule has 10 nitrogen and oxygen atoms in total. The fraction of sp³-hybridized carbons (Fsp3) is 0.400. The number of ether oxygens (including phenoxy) is 2. The molecular weight excluding hydrogens is 573 g/mol. The smallest absolute Gasteiger partial charge is 0.331 e. The van der Waals surface area contributed by atoms with Gasteiger partial charge in [0.25, 0.3) is 0 Å². The summed E-state index contributed by atoms with van der Waals surface area (Å²) in [7, 11) is 0. The normalized spacial score (nSPS) is 13.2. The molecule has 0 aliphatic rings. The van der Waals surface area contributed by atoms with Gasteiger partial charge in [0.05, 0.1) is 35.5 Å². The van der Waals surface area contributed by atoms with Crippen LogP contribution < -0.4 is 11.5 Å². The van der Waals surface area contributed by atoms with Crippen molar-refractivity contribution < 1.29 is 19.1 Å². The highest BCUT2D eigenvalue weighted by molar-refractivity contribution is 7.98. The average Bonchev–Trinajstić information content (AvgIpc) is 3.55. The average molecular weight is 611 g/mol. The lowest BCUT2D eigenvalue weighted by atomic mass is 10.2. The Morgan fingerprint density at radius 1 is 0.786 bits per heavy atom. The minimum Gasteiger partial charge on any atom is -0.456 e. The number of hydrogen-bond donors (Lipinski definition) is 2. The van der Waals surface area contributed by atoms with Crippen molar-refractivity contribution in [1.82, 2.24) is 19.6 Å². The largest absolute Gasteiger partial charge is 0.456 e. The number of carbonyl (C=O) groups is 2. The highest BCUT2D eigenvalue weighted by Crippen LogP contribution is 2.26. The number of carbonyl (C=O) groups excluding carboxylic acids is 2. The molecule has 0 spiro atoms. The first-order valence-corrected chi connectivity index (χ1v) is 16.3. The molecule has 2 aromatic heterocycles. The van der Waals surface area contributed by atoms with E-state index in [1.807, 2.05) is 21.9 Å². The molecule has 0 aliphatic heterocycles. The SMILES string of the molecule is CCc1nn(CC(CN)OC(=O)/C=C/C(=O)OC(CN)Cn2nc(CC)c3ccc(SC)cc32)c2cc(SC)ccc12. The first-order valence-electron chi connectivity index (χ1n) is 13.9. The molecule has 2 atom stereocenters. The van der Waals surface area contributed by atoms with Gasteiger partial charge in [-0.15, -0.1) is 23.5 Å². The number of nitrogens with zero attached hydrogens (tertiary/aromatic N) is 4. The van der Waals surface area contributed by atoms with Gasteiger partial charge in [-0.25, -0.2) is 9.59 Å². The summed E-state index contributed by atoms with van der Waals surface area (Å²) in [5, 5.41) is 11.6. The van der Waals surface area contributed by atoms with Gasteiger partial charge < -0.3 is 20.9 Å². The van der Waals surface area contributed by atoms with Gasteiger partial charge in [-0.3, -0.25) is 9.36 Å². The van der Waals surface area contributed by atoms with Gasteiger partial charge in [-0.05, 0) is 61.8 Å². The number of aromatic nitrogens is 4. The fourth-order valence-corrected chi connectivity index (χ4v) is 5.62. The number of benzene rings is 2. The Bertz CT molecular complexity index is 1470. The summed E-state index contributed by atoms with van der Waals surface area (Å²) in [5.41, 5.74) is 15.7. The Kier molecular flexibility index (Phi) is 11.1. The Morgan fingerprint density at radius 2 is 1.19 bits per heavy atom. The first kappa shape index (κ1) is 31.6. The van der Waals surface area contributed by atoms with Crippen LogP contribution in [0, 0.1) is 0 Å². The Morgan fingerprint density at radius 3 is 1.52 bits per heavy atom. The van der Waals surface area contributed by atoms with Gasteiger partial charge >= 0.3 is 11.9 Å². The summed E-state index contributed by atoms with van der Waals surface area (Å²) >= 11 is 3.29. The molecule has 4 aromatic rings. The fourth-order valence-electron chi connectivity index (χ4n) is 4.75. The van der Waals surface area contributed by atoms with Crippen molar-refractivity contribution in [3.05, 3.63) is 59.9 Å². The molecule has 0 radical (unpaired) electrons. The molecular formula is C30H38N6O4S2. The van der Waals surface area contributed by atoms with Crippen molar-refractivity contribution in [1.29, 1.82) is 0 Å². The van der Waals surface area contributed by atoms with Crippen molar-refractivity contribution in [3.8, 4) is 0 Å². The third-order valence-electron chi connectivity index (χ3n) is 6.94. The number of hydrogen-bond acceptors (Lipinski definition) is 10. The molecule has 0 amide bonds. The van der Waals surface area contributed by atoms with Crippen LogP contribution in [0.1, 0.15) is 25.2 Å². The van der Waals surface area contributed by atoms with Crippen LogP contribution >= 0.6 is 23.5 Å². The van der Waals surface area contributed by atoms with Crippen molar-refractivity contribution in [2.75, 3.05) is 25.6 Å². The van der Waals surface area contributed by atoms with E-state index in [0.717, 1.165) is 68.0 Å². The molecule has 2 aromatic carbocycles. The van der Waals surface area contributed by atoms with Crippen LogP contribution in [0.4, 0.5) is 0 Å². The zero-order chi connectivity index (χ0) is 30.2. The molecule has 0 fully saturated rings. The van der Waals surface area contributed by atoms with Gasteiger partial charge in [0, 0.05) is 45.8 Å². The predicted octanol–water partition coefficient (Wildman–Crippen LogP) is 3.95. The van der Waals surface area contributed by atoms with E-state index in [0.29, 0.717) is 13.1 Å². The van der Waals surface area contributed by atoms with Crippen molar-refractivity contribution in [2.24, 2.45) is 11.5 Å². The molecule has 12 heteroatoms. The molecule has 0 saturated heterocycles.